The lowest BCUT2D eigenvalue weighted by atomic mass is 9.97. The minimum absolute atomic E-state index is 0.0308. The smallest absolute Gasteiger partial charge is 0.269 e. The van der Waals surface area contributed by atoms with Crippen molar-refractivity contribution in [3.05, 3.63) is 41.7 Å². The lowest BCUT2D eigenvalue weighted by Crippen LogP contribution is -2.41. The molecule has 29 heavy (non-hydrogen) atoms. The van der Waals surface area contributed by atoms with Crippen molar-refractivity contribution in [2.45, 2.75) is 44.2 Å². The van der Waals surface area contributed by atoms with Crippen LogP contribution in [0.15, 0.2) is 35.5 Å². The summed E-state index contributed by atoms with van der Waals surface area (Å²) < 4.78 is 27.4. The summed E-state index contributed by atoms with van der Waals surface area (Å²) in [6.45, 7) is 6.42. The Bertz CT molecular complexity index is 1040. The first-order valence-corrected chi connectivity index (χ1v) is 10.7. The number of amides is 1. The molecule has 1 atom stereocenters. The normalized spacial score (nSPS) is 18.6. The largest absolute Gasteiger partial charge is 0.392 e. The third-order valence-electron chi connectivity index (χ3n) is 5.06. The van der Waals surface area contributed by atoms with E-state index in [9.17, 15) is 18.3 Å². The number of pyridine rings is 2. The molecule has 9 nitrogen and oxygen atoms in total. The number of aromatic nitrogens is 2. The average molecular weight is 420 g/mol. The van der Waals surface area contributed by atoms with Crippen molar-refractivity contribution in [2.75, 3.05) is 17.2 Å². The van der Waals surface area contributed by atoms with Crippen molar-refractivity contribution in [1.82, 2.24) is 14.7 Å². The predicted molar refractivity (Wildman–Crippen MR) is 109 cm³/mol. The van der Waals surface area contributed by atoms with Crippen LogP contribution in [0.25, 0.3) is 0 Å². The first kappa shape index (κ1) is 21.0. The molecule has 156 valence electrons. The minimum Gasteiger partial charge on any atom is -0.392 e. The Morgan fingerprint density at radius 3 is 2.66 bits per heavy atom. The highest BCUT2D eigenvalue weighted by molar-refractivity contribution is 7.90. The molecule has 1 amide bonds. The van der Waals surface area contributed by atoms with Gasteiger partial charge in [0, 0.05) is 24.5 Å². The number of aliphatic hydroxyl groups excluding tert-OH is 1. The van der Waals surface area contributed by atoms with E-state index in [2.05, 4.69) is 16.9 Å². The lowest BCUT2D eigenvalue weighted by Gasteiger charge is -2.34. The summed E-state index contributed by atoms with van der Waals surface area (Å²) in [7, 11) is -4.26. The maximum absolute atomic E-state index is 13.1. The number of nitrogens with zero attached hydrogens (tertiary/aromatic N) is 3. The van der Waals surface area contributed by atoms with E-state index in [0.717, 1.165) is 6.42 Å². The second-order valence-corrected chi connectivity index (χ2v) is 9.53. The fourth-order valence-electron chi connectivity index (χ4n) is 3.89. The van der Waals surface area contributed by atoms with Crippen LogP contribution >= 0.6 is 0 Å². The summed E-state index contributed by atoms with van der Waals surface area (Å²) in [4.78, 5) is 22.9. The van der Waals surface area contributed by atoms with Crippen molar-refractivity contribution in [3.8, 4) is 0 Å². The molecule has 3 heterocycles. The van der Waals surface area contributed by atoms with Crippen molar-refractivity contribution >= 4 is 27.6 Å². The Kier molecular flexibility index (Phi) is 5.50. The zero-order valence-corrected chi connectivity index (χ0v) is 17.4. The highest BCUT2D eigenvalue weighted by Gasteiger charge is 2.39. The topological polar surface area (TPSA) is 139 Å². The molecule has 2 aromatic rings. The number of nitrogen functional groups attached to an aromatic ring is 1. The van der Waals surface area contributed by atoms with Crippen LogP contribution in [0.4, 0.5) is 11.6 Å². The van der Waals surface area contributed by atoms with Crippen molar-refractivity contribution < 1.29 is 18.3 Å². The maximum Gasteiger partial charge on any atom is 0.269 e. The summed E-state index contributed by atoms with van der Waals surface area (Å²) >= 11 is 0. The quantitative estimate of drug-likeness (QED) is 0.659. The van der Waals surface area contributed by atoms with Gasteiger partial charge in [0.25, 0.3) is 15.9 Å². The molecule has 3 rings (SSSR count). The predicted octanol–water partition coefficient (Wildman–Crippen LogP) is 1.29. The molecule has 1 saturated heterocycles. The Labute approximate surface area is 170 Å². The zero-order valence-electron chi connectivity index (χ0n) is 16.6. The van der Waals surface area contributed by atoms with E-state index in [-0.39, 0.29) is 27.4 Å². The molecule has 0 radical (unpaired) electrons. The van der Waals surface area contributed by atoms with Crippen LogP contribution in [0.3, 0.4) is 0 Å². The van der Waals surface area contributed by atoms with Gasteiger partial charge in [-0.25, -0.2) is 23.1 Å². The number of carbonyl (C=O) groups excluding carboxylic acids is 1. The first-order valence-electron chi connectivity index (χ1n) is 9.21. The van der Waals surface area contributed by atoms with Gasteiger partial charge in [0.2, 0.25) is 0 Å². The van der Waals surface area contributed by atoms with E-state index < -0.39 is 22.5 Å². The number of nitrogens with two attached hydrogens (primary N) is 1. The van der Waals surface area contributed by atoms with Crippen LogP contribution in [0.1, 0.15) is 43.1 Å². The summed E-state index contributed by atoms with van der Waals surface area (Å²) in [6, 6.07) is 4.18. The summed E-state index contributed by atoms with van der Waals surface area (Å²) in [5, 5.41) is 9.77. The van der Waals surface area contributed by atoms with E-state index >= 15 is 0 Å². The van der Waals surface area contributed by atoms with Crippen molar-refractivity contribution in [3.63, 3.8) is 0 Å². The van der Waals surface area contributed by atoms with Crippen LogP contribution in [-0.4, -0.2) is 41.5 Å². The molecule has 1 aliphatic rings. The monoisotopic (exact) mass is 419 g/mol. The fraction of sp³-hybridized carbons (Fsp3) is 0.421. The molecule has 0 bridgehead atoms. The maximum atomic E-state index is 13.1. The Balaban J connectivity index is 2.04. The van der Waals surface area contributed by atoms with Crippen molar-refractivity contribution in [2.24, 2.45) is 5.92 Å². The first-order chi connectivity index (χ1) is 13.6. The van der Waals surface area contributed by atoms with Crippen LogP contribution in [0, 0.1) is 5.92 Å². The number of hydrogen-bond acceptors (Lipinski definition) is 8. The lowest BCUT2D eigenvalue weighted by molar-refractivity contribution is 0.0978. The van der Waals surface area contributed by atoms with Crippen LogP contribution in [0.5, 0.6) is 0 Å². The summed E-state index contributed by atoms with van der Waals surface area (Å²) in [5.74, 6) is -0.371. The highest BCUT2D eigenvalue weighted by Crippen LogP contribution is 2.38. The Hall–Kier alpha value is -2.72. The van der Waals surface area contributed by atoms with Crippen LogP contribution in [-0.2, 0) is 16.6 Å². The van der Waals surface area contributed by atoms with E-state index in [0.29, 0.717) is 18.3 Å². The molecule has 1 aliphatic heterocycles. The third kappa shape index (κ3) is 4.03. The average Bonchev–Trinajstić information content (AvgIpc) is 2.92. The van der Waals surface area contributed by atoms with Gasteiger partial charge >= 0.3 is 0 Å². The standard InChI is InChI=1S/C19H25N5O4S/c1-12-9-19(2,3)24(10-12)17-15(13(11-25)6-8-22-17)18(26)23-29(27,28)14-5-4-7-21-16(14)20/h4-8,12,25H,9-11H2,1-3H3,(H2,20,21)(H,23,26)/t12-/m0/s1. The Morgan fingerprint density at radius 1 is 1.34 bits per heavy atom. The van der Waals surface area contributed by atoms with E-state index in [1.54, 1.807) is 0 Å². The number of aliphatic hydroxyl groups is 1. The SMILES string of the molecule is C[C@@H]1CN(c2nccc(CO)c2C(=O)NS(=O)(=O)c2cccnc2N)C(C)(C)C1. The number of sulfonamides is 1. The molecule has 4 N–H and O–H groups in total. The van der Waals surface area contributed by atoms with Gasteiger partial charge in [-0.3, -0.25) is 4.79 Å². The molecular weight excluding hydrogens is 394 g/mol. The molecule has 0 aromatic carbocycles. The second-order valence-electron chi connectivity index (χ2n) is 7.88. The number of carbonyl (C=O) groups is 1. The van der Waals surface area contributed by atoms with Crippen LogP contribution in [0.2, 0.25) is 0 Å². The van der Waals surface area contributed by atoms with Crippen LogP contribution < -0.4 is 15.4 Å². The van der Waals surface area contributed by atoms with E-state index in [4.69, 9.17) is 5.73 Å². The van der Waals surface area contributed by atoms with Crippen molar-refractivity contribution in [1.29, 1.82) is 0 Å². The fourth-order valence-corrected chi connectivity index (χ4v) is 4.93. The summed E-state index contributed by atoms with van der Waals surface area (Å²) in [6.07, 6.45) is 3.75. The molecule has 0 aliphatic carbocycles. The van der Waals surface area contributed by atoms with E-state index in [1.807, 2.05) is 23.5 Å². The molecule has 10 heteroatoms. The van der Waals surface area contributed by atoms with Gasteiger partial charge in [0.1, 0.15) is 16.5 Å². The van der Waals surface area contributed by atoms with Gasteiger partial charge in [0.05, 0.1) is 12.2 Å². The van der Waals surface area contributed by atoms with Gasteiger partial charge in [-0.05, 0) is 49.9 Å². The van der Waals surface area contributed by atoms with Gasteiger partial charge < -0.3 is 15.7 Å². The second kappa shape index (κ2) is 7.60. The number of nitrogens with one attached hydrogen (secondary N) is 1. The van der Waals surface area contributed by atoms with Gasteiger partial charge in [-0.2, -0.15) is 0 Å². The third-order valence-corrected chi connectivity index (χ3v) is 6.44. The molecule has 2 aromatic heterocycles. The van der Waals surface area contributed by atoms with E-state index in [1.165, 1.54) is 30.6 Å². The van der Waals surface area contributed by atoms with Gasteiger partial charge in [-0.15, -0.1) is 0 Å². The number of rotatable bonds is 5. The highest BCUT2D eigenvalue weighted by atomic mass is 32.2. The minimum atomic E-state index is -4.26. The zero-order chi connectivity index (χ0) is 21.4. The Morgan fingerprint density at radius 2 is 2.07 bits per heavy atom. The summed E-state index contributed by atoms with van der Waals surface area (Å²) in [5.41, 5.74) is 5.70. The van der Waals surface area contributed by atoms with Gasteiger partial charge in [0.15, 0.2) is 0 Å². The number of hydrogen-bond donors (Lipinski definition) is 3. The molecule has 0 unspecified atom stereocenters. The molecule has 0 spiro atoms. The molecule has 0 saturated carbocycles. The number of anilines is 2. The molecule has 1 fully saturated rings. The van der Waals surface area contributed by atoms with Gasteiger partial charge in [-0.1, -0.05) is 6.92 Å². The molecular formula is C19H25N5O4S.